The quantitative estimate of drug-likeness (QED) is 0.680. The Balaban J connectivity index is 2.40. The van der Waals surface area contributed by atoms with Crippen molar-refractivity contribution in [3.8, 4) is 0 Å². The van der Waals surface area contributed by atoms with Crippen molar-refractivity contribution in [1.82, 2.24) is 0 Å². The predicted molar refractivity (Wildman–Crippen MR) is 73.0 cm³/mol. The summed E-state index contributed by atoms with van der Waals surface area (Å²) < 4.78 is 0. The first-order chi connectivity index (χ1) is 7.79. The molecule has 0 amide bonds. The van der Waals surface area contributed by atoms with Crippen molar-refractivity contribution in [3.05, 3.63) is 60.7 Å². The maximum Gasteiger partial charge on any atom is 0.211 e. The predicted octanol–water partition coefficient (Wildman–Crippen LogP) is 2.71. The van der Waals surface area contributed by atoms with Crippen LogP contribution in [0, 0.1) is 0 Å². The number of hydrogen-bond donors (Lipinski definition) is 0. The minimum Gasteiger partial charge on any atom is -0.0739 e. The van der Waals surface area contributed by atoms with Gasteiger partial charge < -0.3 is 0 Å². The third-order valence-corrected chi connectivity index (χ3v) is 2.98. The third kappa shape index (κ3) is 2.36. The fraction of sp³-hybridized carbons (Fsp3) is 0.200. The van der Waals surface area contributed by atoms with Crippen LogP contribution in [0.2, 0.25) is 5.82 Å². The Bertz CT molecular complexity index is 380. The van der Waals surface area contributed by atoms with Crippen LogP contribution in [-0.4, -0.2) is 6.71 Å². The summed E-state index contributed by atoms with van der Waals surface area (Å²) in [7, 11) is 0. The van der Waals surface area contributed by atoms with Crippen molar-refractivity contribution in [3.63, 3.8) is 0 Å². The lowest BCUT2D eigenvalue weighted by molar-refractivity contribution is 1.05. The third-order valence-electron chi connectivity index (χ3n) is 2.98. The highest BCUT2D eigenvalue weighted by atomic mass is 14.0. The molecule has 0 bridgehead atoms. The first-order valence-electron chi connectivity index (χ1n) is 5.89. The Morgan fingerprint density at radius 2 is 1.06 bits per heavy atom. The van der Waals surface area contributed by atoms with Crippen LogP contribution >= 0.6 is 0 Å². The second kappa shape index (κ2) is 5.02. The molecular weight excluding hydrogens is 191 g/mol. The smallest absolute Gasteiger partial charge is 0.0739 e. The zero-order valence-corrected chi connectivity index (χ0v) is 9.93. The molecule has 2 aromatic carbocycles. The monoisotopic (exact) mass is 208 g/mol. The van der Waals surface area contributed by atoms with Gasteiger partial charge in [-0.05, 0) is 0 Å². The lowest BCUT2D eigenvalue weighted by atomic mass is 9.34. The van der Waals surface area contributed by atoms with Gasteiger partial charge >= 0.3 is 0 Å². The summed E-state index contributed by atoms with van der Waals surface area (Å²) in [4.78, 5) is 0. The van der Waals surface area contributed by atoms with Gasteiger partial charge in [0.1, 0.15) is 0 Å². The molecule has 0 spiro atoms. The highest BCUT2D eigenvalue weighted by Crippen LogP contribution is 2.08. The van der Waals surface area contributed by atoms with Crippen LogP contribution in [0.25, 0.3) is 0 Å². The molecular formula is C15H17B. The van der Waals surface area contributed by atoms with Gasteiger partial charge in [-0.15, -0.1) is 0 Å². The molecule has 16 heavy (non-hydrogen) atoms. The second-order valence-electron chi connectivity index (χ2n) is 4.54. The highest BCUT2D eigenvalue weighted by Gasteiger charge is 2.21. The van der Waals surface area contributed by atoms with E-state index in [1.807, 2.05) is 0 Å². The zero-order valence-electron chi connectivity index (χ0n) is 9.93. The average molecular weight is 208 g/mol. The van der Waals surface area contributed by atoms with Gasteiger partial charge in [-0.1, -0.05) is 91.3 Å². The Kier molecular flexibility index (Phi) is 3.45. The molecule has 0 saturated carbocycles. The van der Waals surface area contributed by atoms with E-state index in [1.165, 1.54) is 10.9 Å². The fourth-order valence-corrected chi connectivity index (χ4v) is 2.28. The summed E-state index contributed by atoms with van der Waals surface area (Å²) in [6.07, 6.45) is 0. The molecule has 80 valence electrons. The van der Waals surface area contributed by atoms with E-state index in [-0.39, 0.29) is 0 Å². The van der Waals surface area contributed by atoms with Gasteiger partial charge in [-0.3, -0.25) is 0 Å². The molecule has 0 radical (unpaired) electrons. The summed E-state index contributed by atoms with van der Waals surface area (Å²) in [6, 6.07) is 21.5. The van der Waals surface area contributed by atoms with Gasteiger partial charge in [0.2, 0.25) is 6.71 Å². The van der Waals surface area contributed by atoms with Crippen LogP contribution in [0.5, 0.6) is 0 Å². The molecule has 0 aliphatic carbocycles. The van der Waals surface area contributed by atoms with E-state index >= 15 is 0 Å². The van der Waals surface area contributed by atoms with Crippen molar-refractivity contribution in [2.75, 3.05) is 0 Å². The van der Waals surface area contributed by atoms with Crippen LogP contribution in [0.3, 0.4) is 0 Å². The lowest BCUT2D eigenvalue weighted by Crippen LogP contribution is -2.44. The normalized spacial score (nSPS) is 10.4. The summed E-state index contributed by atoms with van der Waals surface area (Å²) in [6.45, 7) is 5.07. The lowest BCUT2D eigenvalue weighted by Gasteiger charge is -2.18. The average Bonchev–Trinajstić information content (AvgIpc) is 2.31. The molecule has 0 aliphatic heterocycles. The summed E-state index contributed by atoms with van der Waals surface area (Å²) in [5.41, 5.74) is 2.81. The van der Waals surface area contributed by atoms with Crippen molar-refractivity contribution in [2.45, 2.75) is 19.7 Å². The molecule has 0 nitrogen and oxygen atoms in total. The maximum absolute atomic E-state index is 2.28. The molecule has 2 aromatic rings. The summed E-state index contributed by atoms with van der Waals surface area (Å²) in [5.74, 6) is 0.616. The Hall–Kier alpha value is -1.50. The van der Waals surface area contributed by atoms with Crippen LogP contribution < -0.4 is 10.9 Å². The van der Waals surface area contributed by atoms with Crippen molar-refractivity contribution in [1.29, 1.82) is 0 Å². The summed E-state index contributed by atoms with van der Waals surface area (Å²) in [5, 5.41) is 0. The van der Waals surface area contributed by atoms with Gasteiger partial charge in [-0.2, -0.15) is 0 Å². The van der Waals surface area contributed by atoms with Crippen LogP contribution in [0.15, 0.2) is 60.7 Å². The van der Waals surface area contributed by atoms with E-state index < -0.39 is 0 Å². The van der Waals surface area contributed by atoms with Crippen LogP contribution in [-0.2, 0) is 0 Å². The van der Waals surface area contributed by atoms with E-state index in [0.29, 0.717) is 12.5 Å². The molecule has 0 heterocycles. The number of hydrogen-bond acceptors (Lipinski definition) is 0. The Morgan fingerprint density at radius 3 is 1.38 bits per heavy atom. The second-order valence-corrected chi connectivity index (χ2v) is 4.54. The Labute approximate surface area is 98.4 Å². The molecule has 1 heteroatoms. The Morgan fingerprint density at radius 1 is 0.688 bits per heavy atom. The molecule has 0 aromatic heterocycles. The minimum absolute atomic E-state index is 0.502. The van der Waals surface area contributed by atoms with E-state index in [1.54, 1.807) is 0 Å². The van der Waals surface area contributed by atoms with E-state index in [4.69, 9.17) is 0 Å². The largest absolute Gasteiger partial charge is 0.211 e. The number of rotatable bonds is 3. The maximum atomic E-state index is 2.28. The van der Waals surface area contributed by atoms with Gasteiger partial charge in [0.05, 0.1) is 0 Å². The van der Waals surface area contributed by atoms with Gasteiger partial charge in [0.25, 0.3) is 0 Å². The van der Waals surface area contributed by atoms with Crippen molar-refractivity contribution < 1.29 is 0 Å². The van der Waals surface area contributed by atoms with Gasteiger partial charge in [0.15, 0.2) is 0 Å². The summed E-state index contributed by atoms with van der Waals surface area (Å²) >= 11 is 0. The first-order valence-corrected chi connectivity index (χ1v) is 5.89. The van der Waals surface area contributed by atoms with Crippen LogP contribution in [0.1, 0.15) is 13.8 Å². The number of benzene rings is 2. The molecule has 0 aliphatic rings. The van der Waals surface area contributed by atoms with E-state index in [0.717, 1.165) is 0 Å². The van der Waals surface area contributed by atoms with E-state index in [9.17, 15) is 0 Å². The SMILES string of the molecule is CC(C)B(c1ccccc1)c1ccccc1. The van der Waals surface area contributed by atoms with E-state index in [2.05, 4.69) is 74.5 Å². The standard InChI is InChI=1S/C15H17B/c1-13(2)16(14-9-5-3-6-10-14)15-11-7-4-8-12-15/h3-13H,1-2H3. The molecule has 0 saturated heterocycles. The molecule has 0 N–H and O–H groups in total. The molecule has 0 atom stereocenters. The first kappa shape index (κ1) is 11.0. The van der Waals surface area contributed by atoms with Crippen molar-refractivity contribution >= 4 is 17.6 Å². The zero-order chi connectivity index (χ0) is 11.4. The van der Waals surface area contributed by atoms with Crippen molar-refractivity contribution in [2.24, 2.45) is 0 Å². The molecule has 0 fully saturated rings. The van der Waals surface area contributed by atoms with Gasteiger partial charge in [0, 0.05) is 0 Å². The fourth-order valence-electron chi connectivity index (χ4n) is 2.28. The molecule has 2 rings (SSSR count). The molecule has 0 unspecified atom stereocenters. The van der Waals surface area contributed by atoms with Crippen LogP contribution in [0.4, 0.5) is 0 Å². The van der Waals surface area contributed by atoms with Gasteiger partial charge in [-0.25, -0.2) is 0 Å². The minimum atomic E-state index is 0.502. The topological polar surface area (TPSA) is 0 Å². The highest BCUT2D eigenvalue weighted by molar-refractivity contribution is 6.86.